The Balaban J connectivity index is 1.83. The largest absolute Gasteiger partial charge is 0.447 e. The molecule has 106 valence electrons. The van der Waals surface area contributed by atoms with E-state index in [9.17, 15) is 4.79 Å². The molecule has 0 spiro atoms. The minimum Gasteiger partial charge on any atom is -0.447 e. The first-order chi connectivity index (χ1) is 9.65. The van der Waals surface area contributed by atoms with Crippen LogP contribution >= 0.6 is 11.3 Å². The van der Waals surface area contributed by atoms with E-state index < -0.39 is 0 Å². The van der Waals surface area contributed by atoms with Crippen molar-refractivity contribution in [2.75, 3.05) is 6.54 Å². The summed E-state index contributed by atoms with van der Waals surface area (Å²) in [6.07, 6.45) is 0.230. The third-order valence-electron chi connectivity index (χ3n) is 2.57. The van der Waals surface area contributed by atoms with Crippen LogP contribution in [0.5, 0.6) is 0 Å². The van der Waals surface area contributed by atoms with E-state index in [1.807, 2.05) is 49.6 Å². The predicted molar refractivity (Wildman–Crippen MR) is 80.9 cm³/mol. The van der Waals surface area contributed by atoms with Crippen molar-refractivity contribution >= 4 is 17.4 Å². The highest BCUT2D eigenvalue weighted by molar-refractivity contribution is 7.13. The lowest BCUT2D eigenvalue weighted by Gasteiger charge is -2.08. The van der Waals surface area contributed by atoms with Crippen molar-refractivity contribution in [1.29, 1.82) is 0 Å². The van der Waals surface area contributed by atoms with Gasteiger partial charge in [-0.05, 0) is 13.8 Å². The molecule has 0 atom stereocenters. The zero-order chi connectivity index (χ0) is 14.4. The highest BCUT2D eigenvalue weighted by atomic mass is 32.1. The molecular formula is C15H18N2O2S. The lowest BCUT2D eigenvalue weighted by atomic mass is 10.2. The molecule has 0 fully saturated rings. The number of aromatic nitrogens is 1. The Morgan fingerprint density at radius 3 is 2.80 bits per heavy atom. The van der Waals surface area contributed by atoms with Crippen LogP contribution in [0.2, 0.25) is 0 Å². The molecule has 2 aromatic rings. The lowest BCUT2D eigenvalue weighted by Crippen LogP contribution is -2.28. The predicted octanol–water partition coefficient (Wildman–Crippen LogP) is 3.49. The van der Waals surface area contributed by atoms with E-state index in [-0.39, 0.29) is 12.2 Å². The number of nitrogens with one attached hydrogen (secondary N) is 1. The Morgan fingerprint density at radius 2 is 2.10 bits per heavy atom. The number of nitrogens with zero attached hydrogens (tertiary/aromatic N) is 1. The van der Waals surface area contributed by atoms with Gasteiger partial charge in [-0.2, -0.15) is 0 Å². The van der Waals surface area contributed by atoms with E-state index in [1.165, 1.54) is 0 Å². The van der Waals surface area contributed by atoms with E-state index in [2.05, 4.69) is 10.3 Å². The van der Waals surface area contributed by atoms with Gasteiger partial charge in [0.05, 0.1) is 11.8 Å². The van der Waals surface area contributed by atoms with E-state index in [1.54, 1.807) is 11.3 Å². The molecule has 20 heavy (non-hydrogen) atoms. The second-order valence-electron chi connectivity index (χ2n) is 4.64. The standard InChI is InChI=1S/C15H18N2O2S/c1-11(2)19-15(18)16-9-8-13-10-20-14(17-13)12-6-4-3-5-7-12/h3-7,10-11H,8-9H2,1-2H3,(H,16,18). The van der Waals surface area contributed by atoms with Crippen LogP contribution in [0, 0.1) is 0 Å². The van der Waals surface area contributed by atoms with Gasteiger partial charge < -0.3 is 10.1 Å². The average molecular weight is 290 g/mol. The third kappa shape index (κ3) is 4.35. The number of carbonyl (C=O) groups is 1. The first-order valence-corrected chi connectivity index (χ1v) is 7.47. The number of hydrogen-bond acceptors (Lipinski definition) is 4. The highest BCUT2D eigenvalue weighted by Gasteiger charge is 2.06. The molecule has 5 heteroatoms. The fraction of sp³-hybridized carbons (Fsp3) is 0.333. The summed E-state index contributed by atoms with van der Waals surface area (Å²) in [6, 6.07) is 10.1. The molecule has 1 aromatic heterocycles. The van der Waals surface area contributed by atoms with E-state index in [4.69, 9.17) is 4.74 Å². The van der Waals surface area contributed by atoms with Crippen LogP contribution < -0.4 is 5.32 Å². The molecule has 0 radical (unpaired) electrons. The molecule has 0 aliphatic heterocycles. The average Bonchev–Trinajstić information content (AvgIpc) is 2.88. The first-order valence-electron chi connectivity index (χ1n) is 6.59. The van der Waals surface area contributed by atoms with Crippen molar-refractivity contribution in [3.05, 3.63) is 41.4 Å². The van der Waals surface area contributed by atoms with Crippen LogP contribution in [-0.2, 0) is 11.2 Å². The fourth-order valence-corrected chi connectivity index (χ4v) is 2.54. The van der Waals surface area contributed by atoms with Gasteiger partial charge >= 0.3 is 6.09 Å². The summed E-state index contributed by atoms with van der Waals surface area (Å²) in [4.78, 5) is 15.9. The highest BCUT2D eigenvalue weighted by Crippen LogP contribution is 2.23. The molecule has 1 heterocycles. The summed E-state index contributed by atoms with van der Waals surface area (Å²) in [6.45, 7) is 4.18. The van der Waals surface area contributed by atoms with Crippen molar-refractivity contribution in [3.63, 3.8) is 0 Å². The maximum Gasteiger partial charge on any atom is 0.407 e. The number of ether oxygens (including phenoxy) is 1. The molecule has 0 saturated heterocycles. The lowest BCUT2D eigenvalue weighted by molar-refractivity contribution is 0.116. The van der Waals surface area contributed by atoms with Gasteiger partial charge in [-0.1, -0.05) is 30.3 Å². The first kappa shape index (κ1) is 14.5. The van der Waals surface area contributed by atoms with Gasteiger partial charge in [0.2, 0.25) is 0 Å². The zero-order valence-electron chi connectivity index (χ0n) is 11.6. The number of hydrogen-bond donors (Lipinski definition) is 1. The number of alkyl carbamates (subject to hydrolysis) is 1. The molecule has 0 aliphatic rings. The van der Waals surface area contributed by atoms with Gasteiger partial charge in [0, 0.05) is 23.9 Å². The van der Waals surface area contributed by atoms with Gasteiger partial charge in [-0.15, -0.1) is 11.3 Å². The number of rotatable bonds is 5. The second-order valence-corrected chi connectivity index (χ2v) is 5.50. The van der Waals surface area contributed by atoms with Gasteiger partial charge in [-0.25, -0.2) is 9.78 Å². The molecule has 2 rings (SSSR count). The summed E-state index contributed by atoms with van der Waals surface area (Å²) in [5, 5.41) is 5.75. The van der Waals surface area contributed by atoms with Crippen LogP contribution in [0.3, 0.4) is 0 Å². The quantitative estimate of drug-likeness (QED) is 0.917. The van der Waals surface area contributed by atoms with Crippen LogP contribution in [0.15, 0.2) is 35.7 Å². The molecule has 0 aliphatic carbocycles. The Kier molecular flexibility index (Phi) is 5.12. The van der Waals surface area contributed by atoms with Crippen LogP contribution in [0.4, 0.5) is 4.79 Å². The molecule has 0 bridgehead atoms. The van der Waals surface area contributed by atoms with Crippen molar-refractivity contribution in [2.24, 2.45) is 0 Å². The van der Waals surface area contributed by atoms with Crippen LogP contribution in [-0.4, -0.2) is 23.7 Å². The normalized spacial score (nSPS) is 10.6. The third-order valence-corrected chi connectivity index (χ3v) is 3.51. The Bertz CT molecular complexity index is 552. The summed E-state index contributed by atoms with van der Waals surface area (Å²) < 4.78 is 4.99. The smallest absolute Gasteiger partial charge is 0.407 e. The van der Waals surface area contributed by atoms with Crippen molar-refractivity contribution < 1.29 is 9.53 Å². The van der Waals surface area contributed by atoms with E-state index >= 15 is 0 Å². The SMILES string of the molecule is CC(C)OC(=O)NCCc1csc(-c2ccccc2)n1. The maximum atomic E-state index is 11.3. The second kappa shape index (κ2) is 7.05. The number of benzene rings is 1. The maximum absolute atomic E-state index is 11.3. The zero-order valence-corrected chi connectivity index (χ0v) is 12.4. The minimum atomic E-state index is -0.376. The van der Waals surface area contributed by atoms with Gasteiger partial charge in [0.1, 0.15) is 5.01 Å². The molecule has 1 aromatic carbocycles. The van der Waals surface area contributed by atoms with Gasteiger partial charge in [0.15, 0.2) is 0 Å². The monoisotopic (exact) mass is 290 g/mol. The van der Waals surface area contributed by atoms with Crippen molar-refractivity contribution in [1.82, 2.24) is 10.3 Å². The molecule has 1 amide bonds. The summed E-state index contributed by atoms with van der Waals surface area (Å²) in [5.74, 6) is 0. The number of carbonyl (C=O) groups excluding carboxylic acids is 1. The van der Waals surface area contributed by atoms with Crippen LogP contribution in [0.25, 0.3) is 10.6 Å². The summed E-state index contributed by atoms with van der Waals surface area (Å²) in [5.41, 5.74) is 2.11. The van der Waals surface area contributed by atoms with Gasteiger partial charge in [0.25, 0.3) is 0 Å². The van der Waals surface area contributed by atoms with E-state index in [0.29, 0.717) is 13.0 Å². The summed E-state index contributed by atoms with van der Waals surface area (Å²) in [7, 11) is 0. The Labute approximate surface area is 122 Å². The van der Waals surface area contributed by atoms with Gasteiger partial charge in [-0.3, -0.25) is 0 Å². The molecule has 0 unspecified atom stereocenters. The number of amides is 1. The van der Waals surface area contributed by atoms with Crippen molar-refractivity contribution in [2.45, 2.75) is 26.4 Å². The Morgan fingerprint density at radius 1 is 1.35 bits per heavy atom. The van der Waals surface area contributed by atoms with Crippen LogP contribution in [0.1, 0.15) is 19.5 Å². The molecule has 4 nitrogen and oxygen atoms in total. The van der Waals surface area contributed by atoms with E-state index in [0.717, 1.165) is 16.3 Å². The molecular weight excluding hydrogens is 272 g/mol. The van der Waals surface area contributed by atoms with Crippen molar-refractivity contribution in [3.8, 4) is 10.6 Å². The molecule has 1 N–H and O–H groups in total. The molecule has 0 saturated carbocycles. The Hall–Kier alpha value is -1.88. The number of thiazole rings is 1. The minimum absolute atomic E-state index is 0.0982. The fourth-order valence-electron chi connectivity index (χ4n) is 1.68. The topological polar surface area (TPSA) is 51.2 Å². The summed E-state index contributed by atoms with van der Waals surface area (Å²) >= 11 is 1.62.